The van der Waals surface area contributed by atoms with E-state index in [0.29, 0.717) is 18.3 Å². The zero-order chi connectivity index (χ0) is 10.4. The Balaban J connectivity index is 2.28. The van der Waals surface area contributed by atoms with Gasteiger partial charge in [-0.15, -0.1) is 0 Å². The first-order valence-corrected chi connectivity index (χ1v) is 4.93. The van der Waals surface area contributed by atoms with E-state index >= 15 is 0 Å². The van der Waals surface area contributed by atoms with Crippen molar-refractivity contribution in [3.05, 3.63) is 29.8 Å². The molecule has 0 heterocycles. The third kappa shape index (κ3) is 3.77. The smallest absolute Gasteiger partial charge is 0.115 e. The lowest BCUT2D eigenvalue weighted by Gasteiger charge is -2.10. The van der Waals surface area contributed by atoms with Gasteiger partial charge in [-0.3, -0.25) is 0 Å². The van der Waals surface area contributed by atoms with Crippen molar-refractivity contribution in [3.8, 4) is 5.75 Å². The molecule has 0 saturated carbocycles. The molecule has 14 heavy (non-hydrogen) atoms. The number of nitrogens with one attached hydrogen (secondary N) is 1. The van der Waals surface area contributed by atoms with Crippen molar-refractivity contribution in [2.75, 3.05) is 13.1 Å². The lowest BCUT2D eigenvalue weighted by molar-refractivity contribution is 0.475. The number of nitrogens with two attached hydrogens (primary N) is 1. The van der Waals surface area contributed by atoms with E-state index in [1.54, 1.807) is 12.1 Å². The summed E-state index contributed by atoms with van der Waals surface area (Å²) in [7, 11) is 0. The van der Waals surface area contributed by atoms with Gasteiger partial charge in [0.25, 0.3) is 0 Å². The summed E-state index contributed by atoms with van der Waals surface area (Å²) in [5.41, 5.74) is 6.70. The second kappa shape index (κ2) is 5.62. The molecule has 78 valence electrons. The number of phenols is 1. The quantitative estimate of drug-likeness (QED) is 0.652. The molecule has 1 unspecified atom stereocenters. The fourth-order valence-corrected chi connectivity index (χ4v) is 1.21. The van der Waals surface area contributed by atoms with E-state index in [1.165, 1.54) is 5.56 Å². The van der Waals surface area contributed by atoms with Crippen LogP contribution in [-0.2, 0) is 6.42 Å². The Morgan fingerprint density at radius 1 is 1.36 bits per heavy atom. The van der Waals surface area contributed by atoms with Crippen LogP contribution in [-0.4, -0.2) is 24.2 Å². The van der Waals surface area contributed by atoms with Crippen molar-refractivity contribution in [2.24, 2.45) is 5.73 Å². The molecule has 1 aromatic carbocycles. The topological polar surface area (TPSA) is 58.3 Å². The summed E-state index contributed by atoms with van der Waals surface area (Å²) in [6, 6.07) is 7.66. The standard InChI is InChI=1S/C11H18N2O/c1-9(8-12)13-7-6-10-2-4-11(14)5-3-10/h2-5,9,13-14H,6-8,12H2,1H3. The monoisotopic (exact) mass is 194 g/mol. The van der Waals surface area contributed by atoms with Crippen LogP contribution in [0.2, 0.25) is 0 Å². The molecule has 0 spiro atoms. The second-order valence-electron chi connectivity index (χ2n) is 3.51. The van der Waals surface area contributed by atoms with E-state index in [1.807, 2.05) is 12.1 Å². The molecule has 3 heteroatoms. The highest BCUT2D eigenvalue weighted by molar-refractivity contribution is 5.25. The first-order chi connectivity index (χ1) is 6.72. The molecular formula is C11H18N2O. The molecule has 1 atom stereocenters. The number of aromatic hydroxyl groups is 1. The van der Waals surface area contributed by atoms with Gasteiger partial charge in [0.2, 0.25) is 0 Å². The van der Waals surface area contributed by atoms with Crippen LogP contribution in [0.25, 0.3) is 0 Å². The number of hydrogen-bond acceptors (Lipinski definition) is 3. The lowest BCUT2D eigenvalue weighted by atomic mass is 10.1. The zero-order valence-electron chi connectivity index (χ0n) is 8.53. The van der Waals surface area contributed by atoms with Crippen LogP contribution < -0.4 is 11.1 Å². The highest BCUT2D eigenvalue weighted by Gasteiger charge is 1.97. The third-order valence-electron chi connectivity index (χ3n) is 2.20. The third-order valence-corrected chi connectivity index (χ3v) is 2.20. The molecule has 0 aliphatic carbocycles. The molecule has 4 N–H and O–H groups in total. The molecule has 3 nitrogen and oxygen atoms in total. The van der Waals surface area contributed by atoms with Gasteiger partial charge in [0.1, 0.15) is 5.75 Å². The summed E-state index contributed by atoms with van der Waals surface area (Å²) in [6.45, 7) is 3.65. The molecule has 0 aliphatic rings. The van der Waals surface area contributed by atoms with Gasteiger partial charge in [0.15, 0.2) is 0 Å². The maximum Gasteiger partial charge on any atom is 0.115 e. The SMILES string of the molecule is CC(CN)NCCc1ccc(O)cc1. The van der Waals surface area contributed by atoms with Gasteiger partial charge in [-0.05, 0) is 37.6 Å². The number of hydrogen-bond donors (Lipinski definition) is 3. The van der Waals surface area contributed by atoms with Crippen molar-refractivity contribution in [1.82, 2.24) is 5.32 Å². The Labute approximate surface area is 84.9 Å². The van der Waals surface area contributed by atoms with E-state index in [-0.39, 0.29) is 0 Å². The van der Waals surface area contributed by atoms with E-state index in [4.69, 9.17) is 10.8 Å². The Morgan fingerprint density at radius 3 is 2.57 bits per heavy atom. The second-order valence-corrected chi connectivity index (χ2v) is 3.51. The van der Waals surface area contributed by atoms with E-state index in [0.717, 1.165) is 13.0 Å². The molecular weight excluding hydrogens is 176 g/mol. The van der Waals surface area contributed by atoms with Crippen molar-refractivity contribution >= 4 is 0 Å². The van der Waals surface area contributed by atoms with Crippen molar-refractivity contribution in [3.63, 3.8) is 0 Å². The fourth-order valence-electron chi connectivity index (χ4n) is 1.21. The van der Waals surface area contributed by atoms with Gasteiger partial charge in [0.05, 0.1) is 0 Å². The molecule has 1 rings (SSSR count). The molecule has 0 radical (unpaired) electrons. The highest BCUT2D eigenvalue weighted by Crippen LogP contribution is 2.09. The van der Waals surface area contributed by atoms with E-state index in [9.17, 15) is 0 Å². The van der Waals surface area contributed by atoms with Crippen LogP contribution in [0.5, 0.6) is 5.75 Å². The molecule has 0 aliphatic heterocycles. The molecule has 0 bridgehead atoms. The van der Waals surface area contributed by atoms with Crippen LogP contribution in [0.4, 0.5) is 0 Å². The summed E-state index contributed by atoms with van der Waals surface area (Å²) in [6.07, 6.45) is 0.963. The van der Waals surface area contributed by atoms with Crippen LogP contribution in [0, 0.1) is 0 Å². The Hall–Kier alpha value is -1.06. The lowest BCUT2D eigenvalue weighted by Crippen LogP contribution is -2.34. The molecule has 0 fully saturated rings. The Morgan fingerprint density at radius 2 is 2.00 bits per heavy atom. The fraction of sp³-hybridized carbons (Fsp3) is 0.455. The summed E-state index contributed by atoms with van der Waals surface area (Å²) in [4.78, 5) is 0. The first kappa shape index (κ1) is 11.0. The summed E-state index contributed by atoms with van der Waals surface area (Å²) >= 11 is 0. The van der Waals surface area contributed by atoms with Gasteiger partial charge >= 0.3 is 0 Å². The minimum absolute atomic E-state index is 0.317. The molecule has 0 aromatic heterocycles. The highest BCUT2D eigenvalue weighted by atomic mass is 16.3. The summed E-state index contributed by atoms with van der Waals surface area (Å²) in [5.74, 6) is 0.317. The maximum atomic E-state index is 9.08. The van der Waals surface area contributed by atoms with Gasteiger partial charge in [-0.25, -0.2) is 0 Å². The minimum Gasteiger partial charge on any atom is -0.508 e. The molecule has 1 aromatic rings. The van der Waals surface area contributed by atoms with Crippen molar-refractivity contribution in [2.45, 2.75) is 19.4 Å². The maximum absolute atomic E-state index is 9.08. The van der Waals surface area contributed by atoms with Gasteiger partial charge in [0, 0.05) is 12.6 Å². The van der Waals surface area contributed by atoms with Gasteiger partial charge in [-0.1, -0.05) is 12.1 Å². The number of phenolic OH excluding ortho intramolecular Hbond substituents is 1. The first-order valence-electron chi connectivity index (χ1n) is 4.93. The average Bonchev–Trinajstić information content (AvgIpc) is 2.21. The number of benzene rings is 1. The summed E-state index contributed by atoms with van der Waals surface area (Å²) in [5, 5.41) is 12.4. The van der Waals surface area contributed by atoms with Crippen LogP contribution >= 0.6 is 0 Å². The van der Waals surface area contributed by atoms with Gasteiger partial charge < -0.3 is 16.2 Å². The Bertz CT molecular complexity index is 258. The zero-order valence-corrected chi connectivity index (χ0v) is 8.53. The Kier molecular flexibility index (Phi) is 4.43. The van der Waals surface area contributed by atoms with Crippen LogP contribution in [0.1, 0.15) is 12.5 Å². The predicted octanol–water partition coefficient (Wildman–Crippen LogP) is 0.871. The van der Waals surface area contributed by atoms with Gasteiger partial charge in [-0.2, -0.15) is 0 Å². The van der Waals surface area contributed by atoms with E-state index < -0.39 is 0 Å². The van der Waals surface area contributed by atoms with Crippen molar-refractivity contribution < 1.29 is 5.11 Å². The largest absolute Gasteiger partial charge is 0.508 e. The normalized spacial score (nSPS) is 12.7. The van der Waals surface area contributed by atoms with E-state index in [2.05, 4.69) is 12.2 Å². The predicted molar refractivity (Wildman–Crippen MR) is 58.3 cm³/mol. The van der Waals surface area contributed by atoms with Crippen molar-refractivity contribution in [1.29, 1.82) is 0 Å². The minimum atomic E-state index is 0.317. The number of rotatable bonds is 5. The van der Waals surface area contributed by atoms with Crippen LogP contribution in [0.3, 0.4) is 0 Å². The van der Waals surface area contributed by atoms with Crippen LogP contribution in [0.15, 0.2) is 24.3 Å². The summed E-state index contributed by atoms with van der Waals surface area (Å²) < 4.78 is 0. The molecule has 0 amide bonds. The molecule has 0 saturated heterocycles. The average molecular weight is 194 g/mol.